The third-order valence-corrected chi connectivity index (χ3v) is 2.87. The molecule has 0 bridgehead atoms. The van der Waals surface area contributed by atoms with Crippen LogP contribution in [0.3, 0.4) is 0 Å². The first-order valence-electron chi connectivity index (χ1n) is 5.77. The molecule has 0 aliphatic carbocycles. The fourth-order valence-corrected chi connectivity index (χ4v) is 1.69. The van der Waals surface area contributed by atoms with Crippen LogP contribution in [0.25, 0.3) is 0 Å². The molecule has 0 fully saturated rings. The third-order valence-electron chi connectivity index (χ3n) is 2.87. The second-order valence-corrected chi connectivity index (χ2v) is 4.38. The monoisotopic (exact) mass is 254 g/mol. The molecule has 0 radical (unpaired) electrons. The molecular formula is C13H19FN2O2. The maximum Gasteiger partial charge on any atom is 0.237 e. The number of ether oxygens (including phenoxy) is 1. The van der Waals surface area contributed by atoms with Crippen molar-refractivity contribution in [3.05, 3.63) is 35.6 Å². The number of carbonyl (C=O) groups excluding carboxylic acids is 1. The van der Waals surface area contributed by atoms with E-state index in [1.807, 2.05) is 0 Å². The molecule has 1 unspecified atom stereocenters. The minimum Gasteiger partial charge on any atom is -0.383 e. The fraction of sp³-hybridized carbons (Fsp3) is 0.462. The molecule has 100 valence electrons. The molecule has 0 saturated heterocycles. The summed E-state index contributed by atoms with van der Waals surface area (Å²) in [6.45, 7) is 2.60. The summed E-state index contributed by atoms with van der Waals surface area (Å²) in [6, 6.07) is 6.36. The van der Waals surface area contributed by atoms with Crippen LogP contribution in [-0.4, -0.2) is 31.7 Å². The molecule has 0 saturated carbocycles. The zero-order chi connectivity index (χ0) is 13.6. The van der Waals surface area contributed by atoms with E-state index >= 15 is 0 Å². The molecule has 1 aromatic rings. The van der Waals surface area contributed by atoms with Gasteiger partial charge in [0.1, 0.15) is 5.82 Å². The SMILES string of the molecule is COCCNC(C)(Cc1ccccc1F)C(N)=O. The topological polar surface area (TPSA) is 64.3 Å². The minimum atomic E-state index is -0.985. The second kappa shape index (κ2) is 6.47. The van der Waals surface area contributed by atoms with Gasteiger partial charge < -0.3 is 15.8 Å². The molecule has 0 heterocycles. The number of nitrogens with one attached hydrogen (secondary N) is 1. The molecule has 1 amide bonds. The molecule has 1 aromatic carbocycles. The first kappa shape index (κ1) is 14.6. The lowest BCUT2D eigenvalue weighted by molar-refractivity contribution is -0.123. The van der Waals surface area contributed by atoms with Gasteiger partial charge in [0.2, 0.25) is 5.91 Å². The number of hydrogen-bond donors (Lipinski definition) is 2. The summed E-state index contributed by atoms with van der Waals surface area (Å²) in [6.07, 6.45) is 0.207. The lowest BCUT2D eigenvalue weighted by atomic mass is 9.91. The van der Waals surface area contributed by atoms with E-state index in [2.05, 4.69) is 5.32 Å². The zero-order valence-corrected chi connectivity index (χ0v) is 10.7. The minimum absolute atomic E-state index is 0.207. The normalized spacial score (nSPS) is 14.2. The van der Waals surface area contributed by atoms with Crippen molar-refractivity contribution in [2.75, 3.05) is 20.3 Å². The van der Waals surface area contributed by atoms with Gasteiger partial charge in [-0.1, -0.05) is 18.2 Å². The van der Waals surface area contributed by atoms with E-state index in [0.717, 1.165) is 0 Å². The van der Waals surface area contributed by atoms with Crippen LogP contribution < -0.4 is 11.1 Å². The van der Waals surface area contributed by atoms with E-state index in [-0.39, 0.29) is 12.2 Å². The van der Waals surface area contributed by atoms with E-state index in [0.29, 0.717) is 18.7 Å². The maximum absolute atomic E-state index is 13.6. The van der Waals surface area contributed by atoms with Crippen LogP contribution in [0, 0.1) is 5.82 Å². The van der Waals surface area contributed by atoms with E-state index in [1.54, 1.807) is 32.2 Å². The molecule has 0 spiro atoms. The summed E-state index contributed by atoms with van der Waals surface area (Å²) in [7, 11) is 1.57. The van der Waals surface area contributed by atoms with Crippen molar-refractivity contribution in [2.24, 2.45) is 5.73 Å². The number of methoxy groups -OCH3 is 1. The van der Waals surface area contributed by atoms with E-state index in [4.69, 9.17) is 10.5 Å². The zero-order valence-electron chi connectivity index (χ0n) is 10.7. The number of halogens is 1. The number of benzene rings is 1. The number of rotatable bonds is 7. The molecule has 0 aliphatic rings. The Kier molecular flexibility index (Phi) is 5.25. The van der Waals surface area contributed by atoms with Gasteiger partial charge in [0.05, 0.1) is 12.1 Å². The summed E-state index contributed by atoms with van der Waals surface area (Å²) in [5.74, 6) is -0.847. The number of primary amides is 1. The quantitative estimate of drug-likeness (QED) is 0.709. The summed E-state index contributed by atoms with van der Waals surface area (Å²) in [5, 5.41) is 3.01. The van der Waals surface area contributed by atoms with Crippen LogP contribution in [0.5, 0.6) is 0 Å². The summed E-state index contributed by atoms with van der Waals surface area (Å²) in [5.41, 5.74) is 4.86. The van der Waals surface area contributed by atoms with Crippen molar-refractivity contribution < 1.29 is 13.9 Å². The van der Waals surface area contributed by atoms with E-state index < -0.39 is 11.4 Å². The summed E-state index contributed by atoms with van der Waals surface area (Å²) < 4.78 is 18.5. The number of nitrogens with two attached hydrogens (primary N) is 1. The van der Waals surface area contributed by atoms with Gasteiger partial charge in [-0.25, -0.2) is 4.39 Å². The van der Waals surface area contributed by atoms with Crippen LogP contribution in [0.15, 0.2) is 24.3 Å². The van der Waals surface area contributed by atoms with Crippen molar-refractivity contribution >= 4 is 5.91 Å². The van der Waals surface area contributed by atoms with Gasteiger partial charge in [0, 0.05) is 20.1 Å². The van der Waals surface area contributed by atoms with Crippen molar-refractivity contribution in [1.29, 1.82) is 0 Å². The first-order valence-corrected chi connectivity index (χ1v) is 5.77. The van der Waals surface area contributed by atoms with Gasteiger partial charge in [-0.15, -0.1) is 0 Å². The standard InChI is InChI=1S/C13H19FN2O2/c1-13(12(15)17,16-7-8-18-2)9-10-5-3-4-6-11(10)14/h3-6,16H,7-9H2,1-2H3,(H2,15,17). The summed E-state index contributed by atoms with van der Waals surface area (Å²) in [4.78, 5) is 11.5. The number of hydrogen-bond acceptors (Lipinski definition) is 3. The molecule has 18 heavy (non-hydrogen) atoms. The molecule has 1 rings (SSSR count). The highest BCUT2D eigenvalue weighted by atomic mass is 19.1. The Labute approximate surface area is 106 Å². The average Bonchev–Trinajstić information content (AvgIpc) is 2.32. The van der Waals surface area contributed by atoms with Crippen molar-refractivity contribution in [3.63, 3.8) is 0 Å². The van der Waals surface area contributed by atoms with Crippen LogP contribution in [0.4, 0.5) is 4.39 Å². The highest BCUT2D eigenvalue weighted by Gasteiger charge is 2.31. The lowest BCUT2D eigenvalue weighted by Gasteiger charge is -2.27. The van der Waals surface area contributed by atoms with E-state index in [9.17, 15) is 9.18 Å². The summed E-state index contributed by atoms with van der Waals surface area (Å²) >= 11 is 0. The Balaban J connectivity index is 2.79. The molecule has 1 atom stereocenters. The van der Waals surface area contributed by atoms with Crippen molar-refractivity contribution in [2.45, 2.75) is 18.9 Å². The Hall–Kier alpha value is -1.46. The predicted molar refractivity (Wildman–Crippen MR) is 67.6 cm³/mol. The van der Waals surface area contributed by atoms with Gasteiger partial charge in [-0.05, 0) is 18.6 Å². The number of amides is 1. The van der Waals surface area contributed by atoms with Gasteiger partial charge >= 0.3 is 0 Å². The van der Waals surface area contributed by atoms with Crippen LogP contribution in [0.1, 0.15) is 12.5 Å². The van der Waals surface area contributed by atoms with Crippen molar-refractivity contribution in [1.82, 2.24) is 5.32 Å². The highest BCUT2D eigenvalue weighted by molar-refractivity contribution is 5.84. The molecule has 3 N–H and O–H groups in total. The maximum atomic E-state index is 13.6. The van der Waals surface area contributed by atoms with Crippen LogP contribution in [-0.2, 0) is 16.0 Å². The van der Waals surface area contributed by atoms with Gasteiger partial charge in [-0.2, -0.15) is 0 Å². The predicted octanol–water partition coefficient (Wildman–Crippen LogP) is 0.848. The van der Waals surface area contributed by atoms with Gasteiger partial charge in [0.15, 0.2) is 0 Å². The Morgan fingerprint density at radius 2 is 2.17 bits per heavy atom. The van der Waals surface area contributed by atoms with Gasteiger partial charge in [0.25, 0.3) is 0 Å². The Morgan fingerprint density at radius 3 is 2.72 bits per heavy atom. The molecule has 5 heteroatoms. The second-order valence-electron chi connectivity index (χ2n) is 4.38. The molecule has 0 aliphatic heterocycles. The molecule has 0 aromatic heterocycles. The molecule has 4 nitrogen and oxygen atoms in total. The largest absolute Gasteiger partial charge is 0.383 e. The third kappa shape index (κ3) is 3.78. The Morgan fingerprint density at radius 1 is 1.50 bits per heavy atom. The Bertz CT molecular complexity index is 412. The smallest absolute Gasteiger partial charge is 0.237 e. The van der Waals surface area contributed by atoms with Gasteiger partial charge in [-0.3, -0.25) is 4.79 Å². The fourth-order valence-electron chi connectivity index (χ4n) is 1.69. The number of carbonyl (C=O) groups is 1. The highest BCUT2D eigenvalue weighted by Crippen LogP contribution is 2.16. The molecular weight excluding hydrogens is 235 g/mol. The van der Waals surface area contributed by atoms with Crippen LogP contribution in [0.2, 0.25) is 0 Å². The van der Waals surface area contributed by atoms with E-state index in [1.165, 1.54) is 6.07 Å². The first-order chi connectivity index (χ1) is 8.49. The average molecular weight is 254 g/mol. The lowest BCUT2D eigenvalue weighted by Crippen LogP contribution is -2.55. The van der Waals surface area contributed by atoms with Crippen molar-refractivity contribution in [3.8, 4) is 0 Å². The van der Waals surface area contributed by atoms with Crippen LogP contribution >= 0.6 is 0 Å².